The second-order valence-corrected chi connectivity index (χ2v) is 7.27. The van der Waals surface area contributed by atoms with Gasteiger partial charge in [0.25, 0.3) is 0 Å². The number of amides is 2. The van der Waals surface area contributed by atoms with Crippen molar-refractivity contribution < 1.29 is 4.79 Å². The maximum Gasteiger partial charge on any atom is 0.319 e. The Morgan fingerprint density at radius 2 is 1.86 bits per heavy atom. The molecule has 22 heavy (non-hydrogen) atoms. The van der Waals surface area contributed by atoms with Crippen molar-refractivity contribution in [3.8, 4) is 0 Å². The molecule has 0 saturated carbocycles. The van der Waals surface area contributed by atoms with Crippen molar-refractivity contribution in [1.82, 2.24) is 10.6 Å². The lowest BCUT2D eigenvalue weighted by Crippen LogP contribution is -2.34. The Labute approximate surface area is 134 Å². The van der Waals surface area contributed by atoms with E-state index in [1.54, 1.807) is 6.20 Å². The summed E-state index contributed by atoms with van der Waals surface area (Å²) >= 11 is 0. The maximum atomic E-state index is 11.9. The van der Waals surface area contributed by atoms with Crippen LogP contribution in [-0.2, 0) is 12.8 Å². The van der Waals surface area contributed by atoms with E-state index in [4.69, 9.17) is 0 Å². The summed E-state index contributed by atoms with van der Waals surface area (Å²) < 4.78 is 0. The molecule has 0 heterocycles. The summed E-state index contributed by atoms with van der Waals surface area (Å²) in [6.07, 6.45) is 8.62. The molecule has 0 aliphatic heterocycles. The van der Waals surface area contributed by atoms with Gasteiger partial charge >= 0.3 is 6.03 Å². The molecule has 1 atom stereocenters. The largest absolute Gasteiger partial charge is 0.331 e. The van der Waals surface area contributed by atoms with Crippen molar-refractivity contribution in [1.29, 1.82) is 0 Å². The van der Waals surface area contributed by atoms with Gasteiger partial charge in [-0.2, -0.15) is 0 Å². The standard InChI is InChI=1S/C19H28N2O/c1-14(21-18(22)20-12-11-19(2,3)4)16-10-9-15-7-5-6-8-17(15)13-16/h9-14H,5-8H2,1-4H3,(H2,20,21,22)/b12-11+. The smallest absolute Gasteiger partial charge is 0.319 e. The second-order valence-electron chi connectivity index (χ2n) is 7.27. The van der Waals surface area contributed by atoms with E-state index in [0.717, 1.165) is 6.42 Å². The van der Waals surface area contributed by atoms with Crippen LogP contribution in [0.3, 0.4) is 0 Å². The third-order valence-corrected chi connectivity index (χ3v) is 4.02. The number of aryl methyl sites for hydroxylation is 2. The number of hydrogen-bond acceptors (Lipinski definition) is 1. The lowest BCUT2D eigenvalue weighted by atomic mass is 9.89. The zero-order valence-electron chi connectivity index (χ0n) is 14.2. The molecule has 3 nitrogen and oxygen atoms in total. The summed E-state index contributed by atoms with van der Waals surface area (Å²) in [5, 5.41) is 5.76. The van der Waals surface area contributed by atoms with E-state index in [1.165, 1.54) is 36.0 Å². The predicted molar refractivity (Wildman–Crippen MR) is 91.8 cm³/mol. The van der Waals surface area contributed by atoms with Crippen LogP contribution in [0, 0.1) is 5.41 Å². The molecular formula is C19H28N2O. The molecule has 1 aromatic rings. The third kappa shape index (κ3) is 4.90. The lowest BCUT2D eigenvalue weighted by Gasteiger charge is -2.20. The molecule has 2 N–H and O–H groups in total. The summed E-state index contributed by atoms with van der Waals surface area (Å²) in [4.78, 5) is 11.9. The molecule has 0 aromatic heterocycles. The molecule has 0 radical (unpaired) electrons. The monoisotopic (exact) mass is 300 g/mol. The Morgan fingerprint density at radius 1 is 1.18 bits per heavy atom. The number of hydrogen-bond donors (Lipinski definition) is 2. The normalized spacial score (nSPS) is 16.2. The predicted octanol–water partition coefficient (Wildman–Crippen LogP) is 4.49. The van der Waals surface area contributed by atoms with Gasteiger partial charge in [0.2, 0.25) is 0 Å². The highest BCUT2D eigenvalue weighted by atomic mass is 16.2. The number of carbonyl (C=O) groups excluding carboxylic acids is 1. The van der Waals surface area contributed by atoms with Crippen molar-refractivity contribution >= 4 is 6.03 Å². The van der Waals surface area contributed by atoms with Crippen LogP contribution in [0.25, 0.3) is 0 Å². The molecule has 1 aromatic carbocycles. The van der Waals surface area contributed by atoms with Gasteiger partial charge in [0.15, 0.2) is 0 Å². The molecule has 2 rings (SSSR count). The van der Waals surface area contributed by atoms with Gasteiger partial charge in [0.1, 0.15) is 0 Å². The van der Waals surface area contributed by atoms with E-state index in [0.29, 0.717) is 0 Å². The molecule has 0 bridgehead atoms. The zero-order valence-corrected chi connectivity index (χ0v) is 14.2. The second kappa shape index (κ2) is 6.99. The molecule has 120 valence electrons. The highest BCUT2D eigenvalue weighted by Crippen LogP contribution is 2.24. The SMILES string of the molecule is CC(NC(=O)N/C=C/C(C)(C)C)c1ccc2c(c1)CCCC2. The van der Waals surface area contributed by atoms with Crippen molar-refractivity contribution in [2.75, 3.05) is 0 Å². The van der Waals surface area contributed by atoms with Gasteiger partial charge in [-0.05, 0) is 54.7 Å². The number of urea groups is 1. The summed E-state index contributed by atoms with van der Waals surface area (Å²) in [6.45, 7) is 8.31. The topological polar surface area (TPSA) is 41.1 Å². The summed E-state index contributed by atoms with van der Waals surface area (Å²) in [5.41, 5.74) is 4.16. The van der Waals surface area contributed by atoms with Crippen LogP contribution in [0.5, 0.6) is 0 Å². The highest BCUT2D eigenvalue weighted by molar-refractivity contribution is 5.75. The molecule has 1 aliphatic rings. The number of benzene rings is 1. The van der Waals surface area contributed by atoms with Crippen LogP contribution < -0.4 is 10.6 Å². The molecule has 0 fully saturated rings. The molecule has 3 heteroatoms. The molecule has 2 amide bonds. The van der Waals surface area contributed by atoms with Gasteiger partial charge in [0, 0.05) is 6.20 Å². The lowest BCUT2D eigenvalue weighted by molar-refractivity contribution is 0.241. The van der Waals surface area contributed by atoms with E-state index < -0.39 is 0 Å². The Hall–Kier alpha value is -1.77. The van der Waals surface area contributed by atoms with E-state index in [-0.39, 0.29) is 17.5 Å². The van der Waals surface area contributed by atoms with E-state index in [1.807, 2.05) is 13.0 Å². The minimum Gasteiger partial charge on any atom is -0.331 e. The van der Waals surface area contributed by atoms with E-state index >= 15 is 0 Å². The first-order valence-electron chi connectivity index (χ1n) is 8.21. The Balaban J connectivity index is 1.93. The molecule has 1 aliphatic carbocycles. The number of fused-ring (bicyclic) bond motifs is 1. The average molecular weight is 300 g/mol. The van der Waals surface area contributed by atoms with Gasteiger partial charge < -0.3 is 10.6 Å². The maximum absolute atomic E-state index is 11.9. The summed E-state index contributed by atoms with van der Waals surface area (Å²) in [5.74, 6) is 0. The molecule has 1 unspecified atom stereocenters. The highest BCUT2D eigenvalue weighted by Gasteiger charge is 2.13. The van der Waals surface area contributed by atoms with E-state index in [9.17, 15) is 4.79 Å². The van der Waals surface area contributed by atoms with Gasteiger partial charge in [0.05, 0.1) is 6.04 Å². The van der Waals surface area contributed by atoms with Crippen LogP contribution in [0.15, 0.2) is 30.5 Å². The van der Waals surface area contributed by atoms with Crippen molar-refractivity contribution in [3.05, 3.63) is 47.2 Å². The van der Waals surface area contributed by atoms with Crippen molar-refractivity contribution in [2.45, 2.75) is 59.4 Å². The first kappa shape index (κ1) is 16.6. The van der Waals surface area contributed by atoms with Crippen LogP contribution in [0.4, 0.5) is 4.79 Å². The zero-order chi connectivity index (χ0) is 16.2. The van der Waals surface area contributed by atoms with Crippen molar-refractivity contribution in [3.63, 3.8) is 0 Å². The Bertz CT molecular complexity index is 555. The Morgan fingerprint density at radius 3 is 2.55 bits per heavy atom. The third-order valence-electron chi connectivity index (χ3n) is 4.02. The fourth-order valence-corrected chi connectivity index (χ4v) is 2.71. The van der Waals surface area contributed by atoms with Crippen LogP contribution in [0.1, 0.15) is 63.3 Å². The van der Waals surface area contributed by atoms with Crippen LogP contribution >= 0.6 is 0 Å². The fourth-order valence-electron chi connectivity index (χ4n) is 2.71. The number of allylic oxidation sites excluding steroid dienone is 1. The summed E-state index contributed by atoms with van der Waals surface area (Å²) in [6, 6.07) is 6.46. The minimum absolute atomic E-state index is 0.00950. The first-order valence-corrected chi connectivity index (χ1v) is 8.21. The quantitative estimate of drug-likeness (QED) is 0.848. The molecule has 0 spiro atoms. The average Bonchev–Trinajstić information content (AvgIpc) is 2.45. The fraction of sp³-hybridized carbons (Fsp3) is 0.526. The molecule has 0 saturated heterocycles. The number of nitrogens with one attached hydrogen (secondary N) is 2. The van der Waals surface area contributed by atoms with Gasteiger partial charge in [-0.3, -0.25) is 0 Å². The summed E-state index contributed by atoms with van der Waals surface area (Å²) in [7, 11) is 0. The van der Waals surface area contributed by atoms with E-state index in [2.05, 4.69) is 49.6 Å². The van der Waals surface area contributed by atoms with Gasteiger partial charge in [-0.25, -0.2) is 4.79 Å². The van der Waals surface area contributed by atoms with Crippen LogP contribution in [0.2, 0.25) is 0 Å². The van der Waals surface area contributed by atoms with Crippen LogP contribution in [-0.4, -0.2) is 6.03 Å². The minimum atomic E-state index is -0.161. The molecular weight excluding hydrogens is 272 g/mol. The van der Waals surface area contributed by atoms with Gasteiger partial charge in [-0.1, -0.05) is 45.0 Å². The first-order chi connectivity index (χ1) is 10.3. The number of carbonyl (C=O) groups is 1. The number of rotatable bonds is 3. The Kier molecular flexibility index (Phi) is 5.28. The van der Waals surface area contributed by atoms with Gasteiger partial charge in [-0.15, -0.1) is 0 Å². The van der Waals surface area contributed by atoms with Crippen molar-refractivity contribution in [2.24, 2.45) is 5.41 Å².